The highest BCUT2D eigenvalue weighted by atomic mass is 16.5. The molecule has 1 heterocycles. The number of ether oxygens (including phenoxy) is 4. The van der Waals surface area contributed by atoms with Crippen molar-refractivity contribution in [3.63, 3.8) is 0 Å². The van der Waals surface area contributed by atoms with Gasteiger partial charge in [-0.1, -0.05) is 51.1 Å². The first-order valence-electron chi connectivity index (χ1n) is 15.4. The van der Waals surface area contributed by atoms with Crippen LogP contribution < -0.4 is 9.47 Å². The van der Waals surface area contributed by atoms with Crippen LogP contribution in [0, 0.1) is 27.7 Å². The lowest BCUT2D eigenvalue weighted by atomic mass is 10.0. The second-order valence-electron chi connectivity index (χ2n) is 11.3. The molecule has 43 heavy (non-hydrogen) atoms. The number of hydrogen-bond acceptors (Lipinski definition) is 9. The average Bonchev–Trinajstić information content (AvgIpc) is 2.98. The van der Waals surface area contributed by atoms with Crippen molar-refractivity contribution in [3.05, 3.63) is 58.1 Å². The maximum absolute atomic E-state index is 13.0. The van der Waals surface area contributed by atoms with E-state index in [0.717, 1.165) is 40.7 Å². The Morgan fingerprint density at radius 3 is 2.05 bits per heavy atom. The first-order valence-corrected chi connectivity index (χ1v) is 15.4. The third-order valence-electron chi connectivity index (χ3n) is 8.19. The summed E-state index contributed by atoms with van der Waals surface area (Å²) in [4.78, 5) is 42.3. The summed E-state index contributed by atoms with van der Waals surface area (Å²) in [5.74, 6) is 0.0397. The molecule has 1 fully saturated rings. The molecule has 2 aromatic carbocycles. The van der Waals surface area contributed by atoms with E-state index in [1.165, 1.54) is 0 Å². The summed E-state index contributed by atoms with van der Waals surface area (Å²) in [6.07, 6.45) is 1.93. The summed E-state index contributed by atoms with van der Waals surface area (Å²) in [6, 6.07) is 9.86. The van der Waals surface area contributed by atoms with E-state index in [2.05, 4.69) is 18.7 Å². The van der Waals surface area contributed by atoms with Crippen LogP contribution in [0.1, 0.15) is 67.9 Å². The molecule has 1 aliphatic rings. The number of esters is 3. The van der Waals surface area contributed by atoms with E-state index in [1.54, 1.807) is 0 Å². The summed E-state index contributed by atoms with van der Waals surface area (Å²) in [6.45, 7) is 16.2. The lowest BCUT2D eigenvalue weighted by Crippen LogP contribution is -2.54. The van der Waals surface area contributed by atoms with E-state index in [9.17, 15) is 14.4 Å². The third kappa shape index (κ3) is 9.61. The first kappa shape index (κ1) is 34.2. The molecule has 2 atom stereocenters. The average molecular weight is 597 g/mol. The SMILES string of the molecule is CC[C@H]1COC[C@H](CC)N1CC(=O)Oc1c(C)ccc(COC(=O)CCN(CC)CC(=O)Oc2c(C)cccc2C)c1C. The van der Waals surface area contributed by atoms with Gasteiger partial charge in [-0.2, -0.15) is 0 Å². The molecule has 9 nitrogen and oxygen atoms in total. The Balaban J connectivity index is 1.52. The maximum Gasteiger partial charge on any atom is 0.325 e. The normalized spacial score (nSPS) is 17.1. The van der Waals surface area contributed by atoms with Crippen molar-refractivity contribution in [2.75, 3.05) is 39.4 Å². The molecule has 0 aliphatic carbocycles. The van der Waals surface area contributed by atoms with Gasteiger partial charge in [-0.3, -0.25) is 24.2 Å². The van der Waals surface area contributed by atoms with E-state index in [1.807, 2.05) is 69.9 Å². The molecular formula is C34H48N2O7. The fourth-order valence-corrected chi connectivity index (χ4v) is 5.39. The predicted molar refractivity (Wildman–Crippen MR) is 165 cm³/mol. The number of likely N-dealkylation sites (N-methyl/N-ethyl adjacent to an activating group) is 1. The number of nitrogens with zero attached hydrogens (tertiary/aromatic N) is 2. The van der Waals surface area contributed by atoms with Gasteiger partial charge in [0.25, 0.3) is 0 Å². The number of para-hydroxylation sites is 1. The fourth-order valence-electron chi connectivity index (χ4n) is 5.39. The van der Waals surface area contributed by atoms with Crippen molar-refractivity contribution in [1.29, 1.82) is 0 Å². The molecule has 1 aliphatic heterocycles. The van der Waals surface area contributed by atoms with Crippen molar-refractivity contribution in [2.45, 2.75) is 86.4 Å². The van der Waals surface area contributed by atoms with Gasteiger partial charge in [-0.25, -0.2) is 0 Å². The Hall–Kier alpha value is -3.27. The number of morpholine rings is 1. The Bertz CT molecular complexity index is 1230. The van der Waals surface area contributed by atoms with Gasteiger partial charge in [0.15, 0.2) is 0 Å². The van der Waals surface area contributed by atoms with Crippen LogP contribution in [0.3, 0.4) is 0 Å². The minimum atomic E-state index is -0.372. The number of carbonyl (C=O) groups is 3. The molecular weight excluding hydrogens is 548 g/mol. The van der Waals surface area contributed by atoms with Gasteiger partial charge in [0, 0.05) is 18.6 Å². The lowest BCUT2D eigenvalue weighted by Gasteiger charge is -2.40. The second kappa shape index (κ2) is 16.5. The number of carbonyl (C=O) groups excluding carboxylic acids is 3. The lowest BCUT2D eigenvalue weighted by molar-refractivity contribution is -0.146. The van der Waals surface area contributed by atoms with Crippen molar-refractivity contribution < 1.29 is 33.3 Å². The quantitative estimate of drug-likeness (QED) is 0.219. The van der Waals surface area contributed by atoms with Crippen LogP contribution in [0.5, 0.6) is 11.5 Å². The van der Waals surface area contributed by atoms with E-state index < -0.39 is 0 Å². The van der Waals surface area contributed by atoms with E-state index in [0.29, 0.717) is 37.8 Å². The van der Waals surface area contributed by atoms with Crippen molar-refractivity contribution in [2.24, 2.45) is 0 Å². The van der Waals surface area contributed by atoms with Crippen LogP contribution in [0.15, 0.2) is 30.3 Å². The van der Waals surface area contributed by atoms with Gasteiger partial charge in [0.1, 0.15) is 18.1 Å². The smallest absolute Gasteiger partial charge is 0.325 e. The summed E-state index contributed by atoms with van der Waals surface area (Å²) < 4.78 is 22.8. The Morgan fingerprint density at radius 2 is 1.44 bits per heavy atom. The molecule has 2 aromatic rings. The third-order valence-corrected chi connectivity index (χ3v) is 8.19. The van der Waals surface area contributed by atoms with Crippen molar-refractivity contribution >= 4 is 17.9 Å². The maximum atomic E-state index is 13.0. The van der Waals surface area contributed by atoms with Gasteiger partial charge >= 0.3 is 17.9 Å². The molecule has 0 radical (unpaired) electrons. The molecule has 3 rings (SSSR count). The molecule has 0 aromatic heterocycles. The zero-order valence-electron chi connectivity index (χ0n) is 26.9. The van der Waals surface area contributed by atoms with Gasteiger partial charge in [0.05, 0.1) is 32.7 Å². The molecule has 0 amide bonds. The van der Waals surface area contributed by atoms with Crippen molar-refractivity contribution in [3.8, 4) is 11.5 Å². The Morgan fingerprint density at radius 1 is 0.837 bits per heavy atom. The summed E-state index contributed by atoms with van der Waals surface area (Å²) in [5, 5.41) is 0. The molecule has 0 saturated carbocycles. The van der Waals surface area contributed by atoms with Gasteiger partial charge in [0.2, 0.25) is 0 Å². The zero-order valence-corrected chi connectivity index (χ0v) is 26.9. The van der Waals surface area contributed by atoms with Crippen LogP contribution in [0.2, 0.25) is 0 Å². The van der Waals surface area contributed by atoms with E-state index in [4.69, 9.17) is 18.9 Å². The number of rotatable bonds is 14. The van der Waals surface area contributed by atoms with Crippen LogP contribution in [0.25, 0.3) is 0 Å². The van der Waals surface area contributed by atoms with Gasteiger partial charge < -0.3 is 18.9 Å². The molecule has 9 heteroatoms. The zero-order chi connectivity index (χ0) is 31.5. The standard InChI is InChI=1S/C34H48N2O7/c1-8-28-21-40-22-29(9-2)36(28)19-32(39)43-34-25(6)14-15-27(26(34)7)20-41-30(37)16-17-35(10-3)18-31(38)42-33-23(4)12-11-13-24(33)5/h11-15,28-29H,8-10,16-22H2,1-7H3/t28-,29-/m0/s1. The highest BCUT2D eigenvalue weighted by molar-refractivity contribution is 5.76. The summed E-state index contributed by atoms with van der Waals surface area (Å²) in [5.41, 5.74) is 4.18. The van der Waals surface area contributed by atoms with Crippen LogP contribution in [-0.4, -0.2) is 79.2 Å². The summed E-state index contributed by atoms with van der Waals surface area (Å²) >= 11 is 0. The Labute approximate surface area is 256 Å². The highest BCUT2D eigenvalue weighted by Gasteiger charge is 2.31. The molecule has 0 N–H and O–H groups in total. The highest BCUT2D eigenvalue weighted by Crippen LogP contribution is 2.28. The van der Waals surface area contributed by atoms with Gasteiger partial charge in [-0.05, 0) is 74.9 Å². The molecule has 1 saturated heterocycles. The number of benzene rings is 2. The summed E-state index contributed by atoms with van der Waals surface area (Å²) in [7, 11) is 0. The molecule has 0 unspecified atom stereocenters. The number of hydrogen-bond donors (Lipinski definition) is 0. The van der Waals surface area contributed by atoms with E-state index in [-0.39, 0.29) is 56.1 Å². The fraction of sp³-hybridized carbons (Fsp3) is 0.559. The largest absolute Gasteiger partial charge is 0.461 e. The monoisotopic (exact) mass is 596 g/mol. The van der Waals surface area contributed by atoms with Crippen molar-refractivity contribution in [1.82, 2.24) is 9.80 Å². The van der Waals surface area contributed by atoms with Crippen LogP contribution in [-0.2, 0) is 30.5 Å². The first-order chi connectivity index (χ1) is 20.6. The van der Waals surface area contributed by atoms with E-state index >= 15 is 0 Å². The minimum absolute atomic E-state index is 0.0650. The minimum Gasteiger partial charge on any atom is -0.461 e. The predicted octanol–water partition coefficient (Wildman–Crippen LogP) is 5.08. The van der Waals surface area contributed by atoms with Gasteiger partial charge in [-0.15, -0.1) is 0 Å². The topological polar surface area (TPSA) is 94.6 Å². The molecule has 0 bridgehead atoms. The van der Waals surface area contributed by atoms with Crippen LogP contribution in [0.4, 0.5) is 0 Å². The molecule has 236 valence electrons. The number of aryl methyl sites for hydroxylation is 3. The van der Waals surface area contributed by atoms with Crippen LogP contribution >= 0.6 is 0 Å². The Kier molecular flexibility index (Phi) is 13.2. The second-order valence-corrected chi connectivity index (χ2v) is 11.3. The molecule has 0 spiro atoms.